The quantitative estimate of drug-likeness (QED) is 0.750. The van der Waals surface area contributed by atoms with Crippen LogP contribution in [0.25, 0.3) is 0 Å². The number of hydrogen-bond acceptors (Lipinski definition) is 6. The highest BCUT2D eigenvalue weighted by atomic mass is 32.2. The summed E-state index contributed by atoms with van der Waals surface area (Å²) >= 11 is 0. The van der Waals surface area contributed by atoms with E-state index in [2.05, 4.69) is 4.72 Å². The van der Waals surface area contributed by atoms with Gasteiger partial charge in [0.15, 0.2) is 9.84 Å². The van der Waals surface area contributed by atoms with Gasteiger partial charge in [-0.15, -0.1) is 0 Å². The number of hydrogen-bond donors (Lipinski definition) is 1. The molecule has 1 N–H and O–H groups in total. The molecule has 11 heteroatoms. The van der Waals surface area contributed by atoms with Crippen LogP contribution in [-0.4, -0.2) is 55.1 Å². The van der Waals surface area contributed by atoms with E-state index < -0.39 is 35.9 Å². The summed E-state index contributed by atoms with van der Waals surface area (Å²) in [6, 6.07) is 3.77. The van der Waals surface area contributed by atoms with Crippen molar-refractivity contribution in [3.63, 3.8) is 0 Å². The fourth-order valence-corrected chi connectivity index (χ4v) is 8.25. The molecule has 0 aliphatic carbocycles. The molecule has 2 fully saturated rings. The molecule has 1 unspecified atom stereocenters. The van der Waals surface area contributed by atoms with Crippen LogP contribution in [0.1, 0.15) is 24.8 Å². The topological polar surface area (TPSA) is 118 Å². The highest BCUT2D eigenvalue weighted by molar-refractivity contribution is 7.93. The molecule has 0 saturated carbocycles. The van der Waals surface area contributed by atoms with Crippen molar-refractivity contribution in [3.8, 4) is 0 Å². The summed E-state index contributed by atoms with van der Waals surface area (Å²) in [6.45, 7) is 1.98. The van der Waals surface area contributed by atoms with Crippen LogP contribution in [0, 0.1) is 6.92 Å². The Hall–Kier alpha value is -1.17. The molecule has 2 aliphatic rings. The lowest BCUT2D eigenvalue weighted by molar-refractivity contribution is 0.562. The summed E-state index contributed by atoms with van der Waals surface area (Å²) in [5.74, 6) is -0.135. The third-order valence-electron chi connectivity index (χ3n) is 4.64. The number of benzene rings is 1. The highest BCUT2D eigenvalue weighted by Crippen LogP contribution is 2.27. The van der Waals surface area contributed by atoms with Crippen molar-refractivity contribution < 1.29 is 25.3 Å². The first-order valence-corrected chi connectivity index (χ1v) is 13.3. The molecule has 0 aromatic heterocycles. The van der Waals surface area contributed by atoms with Gasteiger partial charge in [0.25, 0.3) is 0 Å². The van der Waals surface area contributed by atoms with Gasteiger partial charge in [0.05, 0.1) is 27.8 Å². The lowest BCUT2D eigenvalue weighted by Gasteiger charge is -2.28. The highest BCUT2D eigenvalue weighted by Gasteiger charge is 2.32. The van der Waals surface area contributed by atoms with Crippen molar-refractivity contribution in [1.82, 2.24) is 4.72 Å². The molecule has 0 bridgehead atoms. The van der Waals surface area contributed by atoms with Crippen LogP contribution in [0.2, 0.25) is 0 Å². The second-order valence-electron chi connectivity index (χ2n) is 6.77. The zero-order valence-electron chi connectivity index (χ0n) is 14.4. The van der Waals surface area contributed by atoms with Gasteiger partial charge in [-0.2, -0.15) is 0 Å². The largest absolute Gasteiger partial charge is 0.270 e. The maximum Gasteiger partial charge on any atom is 0.241 e. The molecule has 3 rings (SSSR count). The average Bonchev–Trinajstić information content (AvgIpc) is 2.84. The number of aryl methyl sites for hydroxylation is 1. The van der Waals surface area contributed by atoms with Gasteiger partial charge in [-0.05, 0) is 49.9 Å². The average molecular weight is 423 g/mol. The Labute approximate surface area is 154 Å². The molecule has 2 aliphatic heterocycles. The molecule has 2 saturated heterocycles. The molecular formula is C15H22N2O6S3. The van der Waals surface area contributed by atoms with Crippen LogP contribution in [0.5, 0.6) is 0 Å². The molecule has 146 valence electrons. The van der Waals surface area contributed by atoms with Crippen LogP contribution in [0.3, 0.4) is 0 Å². The van der Waals surface area contributed by atoms with E-state index in [9.17, 15) is 25.3 Å². The minimum Gasteiger partial charge on any atom is -0.270 e. The standard InChI is InChI=1S/C15H22N2O6S3/c1-12-10-14(17-7-2-3-8-25(17,20)21)4-5-15(12)26(22,23)16-13-6-9-24(18,19)11-13/h4-5,10,13,16H,2-3,6-9,11H2,1H3. The zero-order valence-corrected chi connectivity index (χ0v) is 16.8. The lowest BCUT2D eigenvalue weighted by atomic mass is 10.2. The molecular weight excluding hydrogens is 400 g/mol. The normalized spacial score (nSPS) is 25.3. The van der Waals surface area contributed by atoms with E-state index in [1.54, 1.807) is 13.0 Å². The first-order valence-electron chi connectivity index (χ1n) is 8.34. The van der Waals surface area contributed by atoms with E-state index in [1.807, 2.05) is 0 Å². The Balaban J connectivity index is 1.85. The van der Waals surface area contributed by atoms with Crippen molar-refractivity contribution in [3.05, 3.63) is 23.8 Å². The van der Waals surface area contributed by atoms with Gasteiger partial charge in [0.1, 0.15) is 0 Å². The minimum absolute atomic E-state index is 0.0229. The second kappa shape index (κ2) is 6.77. The predicted molar refractivity (Wildman–Crippen MR) is 98.9 cm³/mol. The van der Waals surface area contributed by atoms with Gasteiger partial charge in [0, 0.05) is 12.6 Å². The zero-order chi connectivity index (χ0) is 19.2. The van der Waals surface area contributed by atoms with Crippen molar-refractivity contribution in [2.24, 2.45) is 0 Å². The summed E-state index contributed by atoms with van der Waals surface area (Å²) in [7, 11) is -10.4. The number of anilines is 1. The second-order valence-corrected chi connectivity index (χ2v) is 12.7. The van der Waals surface area contributed by atoms with E-state index in [4.69, 9.17) is 0 Å². The Kier molecular flexibility index (Phi) is 5.10. The van der Waals surface area contributed by atoms with Crippen molar-refractivity contribution in [2.45, 2.75) is 37.1 Å². The molecule has 0 amide bonds. The molecule has 8 nitrogen and oxygen atoms in total. The summed E-state index contributed by atoms with van der Waals surface area (Å²) < 4.78 is 76.4. The van der Waals surface area contributed by atoms with Gasteiger partial charge in [-0.1, -0.05) is 0 Å². The number of rotatable bonds is 4. The minimum atomic E-state index is -3.88. The number of sulfonamides is 2. The van der Waals surface area contributed by atoms with Crippen molar-refractivity contribution in [2.75, 3.05) is 28.1 Å². The fourth-order valence-electron chi connectivity index (χ4n) is 3.34. The SMILES string of the molecule is Cc1cc(N2CCCCS2(=O)=O)ccc1S(=O)(=O)NC1CCS(=O)(=O)C1. The Bertz CT molecular complexity index is 1020. The van der Waals surface area contributed by atoms with Crippen LogP contribution < -0.4 is 9.03 Å². The van der Waals surface area contributed by atoms with E-state index in [1.165, 1.54) is 16.4 Å². The lowest BCUT2D eigenvalue weighted by Crippen LogP contribution is -2.38. The summed E-state index contributed by atoms with van der Waals surface area (Å²) in [6.07, 6.45) is 1.64. The first-order chi connectivity index (χ1) is 12.0. The first kappa shape index (κ1) is 19.6. The fraction of sp³-hybridized carbons (Fsp3) is 0.600. The molecule has 0 radical (unpaired) electrons. The Morgan fingerprint density at radius 1 is 1.12 bits per heavy atom. The maximum absolute atomic E-state index is 12.6. The van der Waals surface area contributed by atoms with Crippen molar-refractivity contribution in [1.29, 1.82) is 0 Å². The Morgan fingerprint density at radius 2 is 1.85 bits per heavy atom. The van der Waals surface area contributed by atoms with Gasteiger partial charge in [-0.3, -0.25) is 4.31 Å². The molecule has 26 heavy (non-hydrogen) atoms. The maximum atomic E-state index is 12.6. The molecule has 1 aromatic rings. The van der Waals surface area contributed by atoms with Crippen LogP contribution in [0.4, 0.5) is 5.69 Å². The summed E-state index contributed by atoms with van der Waals surface area (Å²) in [5.41, 5.74) is 0.862. The smallest absolute Gasteiger partial charge is 0.241 e. The Morgan fingerprint density at radius 3 is 2.42 bits per heavy atom. The van der Waals surface area contributed by atoms with Gasteiger partial charge in [0.2, 0.25) is 20.0 Å². The molecule has 0 spiro atoms. The number of sulfone groups is 1. The number of nitrogens with zero attached hydrogens (tertiary/aromatic N) is 1. The van der Waals surface area contributed by atoms with E-state index in [-0.39, 0.29) is 28.6 Å². The van der Waals surface area contributed by atoms with E-state index in [0.29, 0.717) is 24.2 Å². The van der Waals surface area contributed by atoms with Gasteiger partial charge >= 0.3 is 0 Å². The molecule has 1 atom stereocenters. The third kappa shape index (κ3) is 4.05. The number of nitrogens with one attached hydrogen (secondary N) is 1. The van der Waals surface area contributed by atoms with Gasteiger partial charge < -0.3 is 0 Å². The van der Waals surface area contributed by atoms with E-state index in [0.717, 1.165) is 6.42 Å². The van der Waals surface area contributed by atoms with Crippen LogP contribution in [0.15, 0.2) is 23.1 Å². The monoisotopic (exact) mass is 422 g/mol. The van der Waals surface area contributed by atoms with Crippen LogP contribution in [-0.2, 0) is 29.9 Å². The summed E-state index contributed by atoms with van der Waals surface area (Å²) in [5, 5.41) is 0. The van der Waals surface area contributed by atoms with Gasteiger partial charge in [-0.25, -0.2) is 30.0 Å². The van der Waals surface area contributed by atoms with Crippen molar-refractivity contribution >= 4 is 35.6 Å². The molecule has 1 aromatic carbocycles. The predicted octanol–water partition coefficient (Wildman–Crippen LogP) is 0.390. The van der Waals surface area contributed by atoms with E-state index >= 15 is 0 Å². The molecule has 2 heterocycles. The summed E-state index contributed by atoms with van der Waals surface area (Å²) in [4.78, 5) is 0.0277. The van der Waals surface area contributed by atoms with Crippen LogP contribution >= 0.6 is 0 Å². The third-order valence-corrected chi connectivity index (χ3v) is 9.96.